The summed E-state index contributed by atoms with van der Waals surface area (Å²) in [5.74, 6) is 1.78. The van der Waals surface area contributed by atoms with Crippen LogP contribution in [-0.4, -0.2) is 36.1 Å². The van der Waals surface area contributed by atoms with Gasteiger partial charge in [0.2, 0.25) is 5.75 Å². The van der Waals surface area contributed by atoms with Crippen molar-refractivity contribution in [2.24, 2.45) is 0 Å². The van der Waals surface area contributed by atoms with Crippen LogP contribution in [0.25, 0.3) is 11.3 Å². The molecular formula is C20H23N3O3. The monoisotopic (exact) mass is 353 g/mol. The fraction of sp³-hybridized carbons (Fsp3) is 0.300. The molecule has 6 heteroatoms. The maximum absolute atomic E-state index is 5.41. The summed E-state index contributed by atoms with van der Waals surface area (Å²) in [6, 6.07) is 9.90. The largest absolute Gasteiger partial charge is 0.493 e. The van der Waals surface area contributed by atoms with E-state index in [2.05, 4.69) is 29.1 Å². The standard InChI is InChI=1S/C20H23N3O3/c1-13-8-14(2)23(22-13)12-15-6-7-17(21-11-15)16-9-18(24-3)20(26-5)19(10-16)25-4/h6-11H,12H2,1-5H3. The lowest BCUT2D eigenvalue weighted by molar-refractivity contribution is 0.324. The molecule has 0 unspecified atom stereocenters. The Kier molecular flexibility index (Phi) is 5.11. The summed E-state index contributed by atoms with van der Waals surface area (Å²) in [5.41, 5.74) is 4.98. The Morgan fingerprint density at radius 2 is 1.62 bits per heavy atom. The van der Waals surface area contributed by atoms with Gasteiger partial charge in [-0.2, -0.15) is 5.10 Å². The summed E-state index contributed by atoms with van der Waals surface area (Å²) in [5, 5.41) is 4.49. The van der Waals surface area contributed by atoms with Gasteiger partial charge in [-0.1, -0.05) is 6.07 Å². The average Bonchev–Trinajstić information content (AvgIpc) is 2.97. The lowest BCUT2D eigenvalue weighted by Crippen LogP contribution is -2.04. The SMILES string of the molecule is COc1cc(-c2ccc(Cn3nc(C)cc3C)cn2)cc(OC)c1OC. The Morgan fingerprint density at radius 1 is 0.923 bits per heavy atom. The molecule has 0 saturated heterocycles. The van der Waals surface area contributed by atoms with Crippen molar-refractivity contribution in [1.29, 1.82) is 0 Å². The Labute approximate surface area is 153 Å². The molecule has 3 aromatic rings. The molecule has 2 aromatic heterocycles. The van der Waals surface area contributed by atoms with E-state index < -0.39 is 0 Å². The Balaban J connectivity index is 1.90. The van der Waals surface area contributed by atoms with Crippen molar-refractivity contribution in [1.82, 2.24) is 14.8 Å². The van der Waals surface area contributed by atoms with E-state index in [1.54, 1.807) is 21.3 Å². The first-order valence-electron chi connectivity index (χ1n) is 8.32. The van der Waals surface area contributed by atoms with Gasteiger partial charge in [0.25, 0.3) is 0 Å². The van der Waals surface area contributed by atoms with E-state index in [9.17, 15) is 0 Å². The van der Waals surface area contributed by atoms with Crippen LogP contribution in [0.15, 0.2) is 36.5 Å². The van der Waals surface area contributed by atoms with Gasteiger partial charge in [0.1, 0.15) is 0 Å². The minimum Gasteiger partial charge on any atom is -0.493 e. The van der Waals surface area contributed by atoms with Crippen molar-refractivity contribution in [2.45, 2.75) is 20.4 Å². The van der Waals surface area contributed by atoms with E-state index in [4.69, 9.17) is 14.2 Å². The molecule has 1 aromatic carbocycles. The second-order valence-corrected chi connectivity index (χ2v) is 6.05. The highest BCUT2D eigenvalue weighted by Crippen LogP contribution is 2.40. The highest BCUT2D eigenvalue weighted by Gasteiger charge is 2.14. The number of hydrogen-bond donors (Lipinski definition) is 0. The van der Waals surface area contributed by atoms with E-state index >= 15 is 0 Å². The van der Waals surface area contributed by atoms with Crippen molar-refractivity contribution in [3.05, 3.63) is 53.5 Å². The summed E-state index contributed by atoms with van der Waals surface area (Å²) in [6.07, 6.45) is 1.87. The van der Waals surface area contributed by atoms with Crippen LogP contribution in [0.2, 0.25) is 0 Å². The maximum Gasteiger partial charge on any atom is 0.203 e. The smallest absolute Gasteiger partial charge is 0.203 e. The van der Waals surface area contributed by atoms with Crippen LogP contribution in [0.5, 0.6) is 17.2 Å². The van der Waals surface area contributed by atoms with E-state index in [0.29, 0.717) is 23.8 Å². The van der Waals surface area contributed by atoms with Crippen LogP contribution < -0.4 is 14.2 Å². The fourth-order valence-electron chi connectivity index (χ4n) is 2.93. The molecule has 0 bridgehead atoms. The lowest BCUT2D eigenvalue weighted by Gasteiger charge is -2.14. The predicted molar refractivity (Wildman–Crippen MR) is 100 cm³/mol. The number of aromatic nitrogens is 3. The average molecular weight is 353 g/mol. The van der Waals surface area contributed by atoms with Gasteiger partial charge < -0.3 is 14.2 Å². The molecule has 136 valence electrons. The minimum absolute atomic E-state index is 0.569. The Bertz CT molecular complexity index is 876. The summed E-state index contributed by atoms with van der Waals surface area (Å²) in [6.45, 7) is 4.75. The topological polar surface area (TPSA) is 58.4 Å². The van der Waals surface area contributed by atoms with Crippen LogP contribution in [-0.2, 0) is 6.54 Å². The molecule has 0 aliphatic heterocycles. The zero-order valence-electron chi connectivity index (χ0n) is 15.7. The van der Waals surface area contributed by atoms with E-state index in [-0.39, 0.29) is 0 Å². The maximum atomic E-state index is 5.41. The minimum atomic E-state index is 0.569. The second-order valence-electron chi connectivity index (χ2n) is 6.05. The number of ether oxygens (including phenoxy) is 3. The van der Waals surface area contributed by atoms with E-state index in [1.165, 1.54) is 0 Å². The zero-order chi connectivity index (χ0) is 18.7. The Hall–Kier alpha value is -3.02. The third kappa shape index (κ3) is 3.49. The fourth-order valence-corrected chi connectivity index (χ4v) is 2.93. The summed E-state index contributed by atoms with van der Waals surface area (Å²) in [4.78, 5) is 4.59. The third-order valence-corrected chi connectivity index (χ3v) is 4.22. The van der Waals surface area contributed by atoms with Crippen LogP contribution in [0, 0.1) is 13.8 Å². The summed E-state index contributed by atoms with van der Waals surface area (Å²) in [7, 11) is 4.80. The molecule has 0 aliphatic rings. The number of pyridine rings is 1. The molecule has 2 heterocycles. The van der Waals surface area contributed by atoms with Gasteiger partial charge in [0.15, 0.2) is 11.5 Å². The number of aryl methyl sites for hydroxylation is 2. The van der Waals surface area contributed by atoms with Gasteiger partial charge >= 0.3 is 0 Å². The van der Waals surface area contributed by atoms with Gasteiger partial charge in [-0.15, -0.1) is 0 Å². The molecule has 0 amide bonds. The number of methoxy groups -OCH3 is 3. The van der Waals surface area contributed by atoms with Gasteiger partial charge in [0, 0.05) is 17.5 Å². The van der Waals surface area contributed by atoms with Crippen LogP contribution in [0.4, 0.5) is 0 Å². The molecule has 26 heavy (non-hydrogen) atoms. The second kappa shape index (κ2) is 7.47. The van der Waals surface area contributed by atoms with Gasteiger partial charge in [-0.3, -0.25) is 9.67 Å². The highest BCUT2D eigenvalue weighted by molar-refractivity contribution is 5.68. The molecular weight excluding hydrogens is 330 g/mol. The van der Waals surface area contributed by atoms with Crippen LogP contribution in [0.3, 0.4) is 0 Å². The quantitative estimate of drug-likeness (QED) is 0.677. The molecule has 0 atom stereocenters. The normalized spacial score (nSPS) is 10.7. The number of rotatable bonds is 6. The first-order chi connectivity index (χ1) is 12.5. The predicted octanol–water partition coefficient (Wildman–Crippen LogP) is 3.64. The third-order valence-electron chi connectivity index (χ3n) is 4.22. The van der Waals surface area contributed by atoms with Crippen molar-refractivity contribution in [3.8, 4) is 28.5 Å². The number of hydrogen-bond acceptors (Lipinski definition) is 5. The molecule has 6 nitrogen and oxygen atoms in total. The van der Waals surface area contributed by atoms with Crippen molar-refractivity contribution in [2.75, 3.05) is 21.3 Å². The van der Waals surface area contributed by atoms with Gasteiger partial charge in [-0.05, 0) is 43.7 Å². The van der Waals surface area contributed by atoms with E-state index in [0.717, 1.165) is 28.2 Å². The van der Waals surface area contributed by atoms with Crippen LogP contribution in [0.1, 0.15) is 17.0 Å². The van der Waals surface area contributed by atoms with Gasteiger partial charge in [0.05, 0.1) is 39.3 Å². The Morgan fingerprint density at radius 3 is 2.08 bits per heavy atom. The van der Waals surface area contributed by atoms with Crippen LogP contribution >= 0.6 is 0 Å². The summed E-state index contributed by atoms with van der Waals surface area (Å²) < 4.78 is 18.2. The molecule has 0 fully saturated rings. The van der Waals surface area contributed by atoms with Crippen molar-refractivity contribution in [3.63, 3.8) is 0 Å². The van der Waals surface area contributed by atoms with E-state index in [1.807, 2.05) is 36.0 Å². The number of nitrogens with zero attached hydrogens (tertiary/aromatic N) is 3. The molecule has 0 saturated carbocycles. The zero-order valence-corrected chi connectivity index (χ0v) is 15.7. The lowest BCUT2D eigenvalue weighted by atomic mass is 10.1. The molecule has 3 rings (SSSR count). The van der Waals surface area contributed by atoms with Gasteiger partial charge in [-0.25, -0.2) is 0 Å². The summed E-state index contributed by atoms with van der Waals surface area (Å²) >= 11 is 0. The highest BCUT2D eigenvalue weighted by atomic mass is 16.5. The van der Waals surface area contributed by atoms with Crippen molar-refractivity contribution < 1.29 is 14.2 Å². The number of benzene rings is 1. The van der Waals surface area contributed by atoms with Crippen molar-refractivity contribution >= 4 is 0 Å². The molecule has 0 aliphatic carbocycles. The first-order valence-corrected chi connectivity index (χ1v) is 8.32. The molecule has 0 spiro atoms. The molecule has 0 N–H and O–H groups in total. The molecule has 0 radical (unpaired) electrons. The first kappa shape index (κ1) is 17.8.